The van der Waals surface area contributed by atoms with Crippen LogP contribution in [0.1, 0.15) is 44.6 Å². The largest absolute Gasteiger partial charge is 0.371 e. The highest BCUT2D eigenvalue weighted by Gasteiger charge is 2.26. The van der Waals surface area contributed by atoms with Crippen LogP contribution in [0.2, 0.25) is 0 Å². The van der Waals surface area contributed by atoms with E-state index in [0.717, 1.165) is 36.2 Å². The minimum absolute atomic E-state index is 0.214. The molecule has 4 heteroatoms. The molecular formula is C19H26N2O2. The Morgan fingerprint density at radius 2 is 2.17 bits per heavy atom. The number of nitrogens with zero attached hydrogens (tertiary/aromatic N) is 2. The number of anilines is 1. The molecule has 2 aliphatic rings. The van der Waals surface area contributed by atoms with Gasteiger partial charge < -0.3 is 4.90 Å². The van der Waals surface area contributed by atoms with E-state index in [1.165, 1.54) is 32.1 Å². The molecule has 3 rings (SSSR count). The summed E-state index contributed by atoms with van der Waals surface area (Å²) in [5.74, 6) is 1.47. The minimum Gasteiger partial charge on any atom is -0.371 e. The van der Waals surface area contributed by atoms with Gasteiger partial charge in [-0.2, -0.15) is 0 Å². The molecule has 0 aromatic heterocycles. The zero-order valence-corrected chi connectivity index (χ0v) is 14.1. The van der Waals surface area contributed by atoms with E-state index in [4.69, 9.17) is 0 Å². The molecule has 1 aliphatic carbocycles. The first-order valence-corrected chi connectivity index (χ1v) is 8.73. The fourth-order valence-corrected chi connectivity index (χ4v) is 3.99. The summed E-state index contributed by atoms with van der Waals surface area (Å²) in [4.78, 5) is 13.0. The summed E-state index contributed by atoms with van der Waals surface area (Å²) in [6.45, 7) is 6.31. The van der Waals surface area contributed by atoms with Gasteiger partial charge in [0.05, 0.1) is 4.92 Å². The summed E-state index contributed by atoms with van der Waals surface area (Å²) in [5.41, 5.74) is 3.74. The summed E-state index contributed by atoms with van der Waals surface area (Å²) < 4.78 is 0. The van der Waals surface area contributed by atoms with Gasteiger partial charge in [-0.1, -0.05) is 18.6 Å². The molecule has 1 aliphatic heterocycles. The lowest BCUT2D eigenvalue weighted by molar-refractivity contribution is -0.385. The first kappa shape index (κ1) is 16.0. The topological polar surface area (TPSA) is 46.4 Å². The van der Waals surface area contributed by atoms with Gasteiger partial charge in [0.15, 0.2) is 0 Å². The van der Waals surface area contributed by atoms with Crippen molar-refractivity contribution in [3.05, 3.63) is 45.5 Å². The molecule has 0 radical (unpaired) electrons. The number of rotatable bonds is 4. The summed E-state index contributed by atoms with van der Waals surface area (Å²) in [5, 5.41) is 10.9. The quantitative estimate of drug-likeness (QED) is 0.452. The predicted molar refractivity (Wildman–Crippen MR) is 93.9 cm³/mol. The lowest BCUT2D eigenvalue weighted by Crippen LogP contribution is -2.20. The molecular weight excluding hydrogens is 288 g/mol. The van der Waals surface area contributed by atoms with E-state index in [9.17, 15) is 10.1 Å². The Morgan fingerprint density at radius 3 is 2.87 bits per heavy atom. The maximum Gasteiger partial charge on any atom is 0.272 e. The second-order valence-electron chi connectivity index (χ2n) is 7.14. The van der Waals surface area contributed by atoms with E-state index in [0.29, 0.717) is 0 Å². The van der Waals surface area contributed by atoms with Crippen LogP contribution in [0.5, 0.6) is 0 Å². The monoisotopic (exact) mass is 314 g/mol. The number of nitro benzene ring substituents is 1. The Kier molecular flexibility index (Phi) is 4.69. The Bertz CT molecular complexity index is 624. The normalized spacial score (nSPS) is 24.6. The third-order valence-corrected chi connectivity index (χ3v) is 5.43. The smallest absolute Gasteiger partial charge is 0.272 e. The van der Waals surface area contributed by atoms with E-state index in [-0.39, 0.29) is 10.6 Å². The molecule has 1 heterocycles. The van der Waals surface area contributed by atoms with Crippen LogP contribution in [0, 0.1) is 28.9 Å². The maximum absolute atomic E-state index is 10.9. The van der Waals surface area contributed by atoms with Crippen molar-refractivity contribution in [1.82, 2.24) is 0 Å². The Morgan fingerprint density at radius 1 is 1.35 bits per heavy atom. The average Bonchev–Trinajstić information content (AvgIpc) is 2.98. The van der Waals surface area contributed by atoms with Crippen molar-refractivity contribution in [2.24, 2.45) is 11.8 Å². The van der Waals surface area contributed by atoms with Crippen LogP contribution in [0.25, 0.3) is 0 Å². The van der Waals surface area contributed by atoms with Gasteiger partial charge >= 0.3 is 0 Å². The molecule has 0 saturated carbocycles. The number of hydrogen-bond acceptors (Lipinski definition) is 3. The molecule has 1 fully saturated rings. The summed E-state index contributed by atoms with van der Waals surface area (Å²) in [6, 6.07) is 5.50. The number of nitro groups is 1. The van der Waals surface area contributed by atoms with Crippen molar-refractivity contribution < 1.29 is 4.92 Å². The highest BCUT2D eigenvalue weighted by atomic mass is 16.6. The molecule has 4 nitrogen and oxygen atoms in total. The fraction of sp³-hybridized carbons (Fsp3) is 0.579. The van der Waals surface area contributed by atoms with Gasteiger partial charge in [0.1, 0.15) is 0 Å². The van der Waals surface area contributed by atoms with E-state index >= 15 is 0 Å². The maximum atomic E-state index is 10.9. The van der Waals surface area contributed by atoms with Crippen molar-refractivity contribution in [3.8, 4) is 0 Å². The zero-order valence-electron chi connectivity index (χ0n) is 14.1. The van der Waals surface area contributed by atoms with Crippen LogP contribution in [0.3, 0.4) is 0 Å². The third kappa shape index (κ3) is 3.57. The van der Waals surface area contributed by atoms with Crippen molar-refractivity contribution in [2.75, 3.05) is 18.0 Å². The molecule has 0 amide bonds. The van der Waals surface area contributed by atoms with E-state index in [1.807, 2.05) is 19.1 Å². The van der Waals surface area contributed by atoms with Crippen LogP contribution in [-0.2, 0) is 0 Å². The van der Waals surface area contributed by atoms with Gasteiger partial charge in [0.25, 0.3) is 5.69 Å². The van der Waals surface area contributed by atoms with Crippen molar-refractivity contribution in [2.45, 2.75) is 46.0 Å². The highest BCUT2D eigenvalue weighted by Crippen LogP contribution is 2.34. The summed E-state index contributed by atoms with van der Waals surface area (Å²) >= 11 is 0. The lowest BCUT2D eigenvalue weighted by atomic mass is 9.83. The van der Waals surface area contributed by atoms with Crippen molar-refractivity contribution >= 4 is 11.4 Å². The van der Waals surface area contributed by atoms with E-state index < -0.39 is 0 Å². The number of benzene rings is 1. The molecule has 0 N–H and O–H groups in total. The van der Waals surface area contributed by atoms with Gasteiger partial charge in [-0.25, -0.2) is 0 Å². The molecule has 23 heavy (non-hydrogen) atoms. The molecule has 1 aromatic carbocycles. The predicted octanol–water partition coefficient (Wildman–Crippen LogP) is 4.87. The molecule has 1 unspecified atom stereocenters. The lowest BCUT2D eigenvalue weighted by Gasteiger charge is -2.24. The molecule has 2 atom stereocenters. The SMILES string of the molecule is Cc1cc(N2CCC(CC3=CCCC[C@@H]3C)C2)ccc1[N+](=O)[O-]. The van der Waals surface area contributed by atoms with Crippen LogP contribution in [0.15, 0.2) is 29.8 Å². The zero-order chi connectivity index (χ0) is 16.4. The van der Waals surface area contributed by atoms with Gasteiger partial charge in [-0.05, 0) is 63.0 Å². The average molecular weight is 314 g/mol. The third-order valence-electron chi connectivity index (χ3n) is 5.43. The number of allylic oxidation sites excluding steroid dienone is 2. The Labute approximate surface area is 138 Å². The van der Waals surface area contributed by atoms with Gasteiger partial charge in [-0.3, -0.25) is 10.1 Å². The van der Waals surface area contributed by atoms with Gasteiger partial charge in [-0.15, -0.1) is 0 Å². The van der Waals surface area contributed by atoms with Crippen LogP contribution in [0.4, 0.5) is 11.4 Å². The van der Waals surface area contributed by atoms with Gasteiger partial charge in [0, 0.05) is 30.4 Å². The molecule has 1 aromatic rings. The minimum atomic E-state index is -0.303. The van der Waals surface area contributed by atoms with E-state index in [2.05, 4.69) is 17.9 Å². The van der Waals surface area contributed by atoms with E-state index in [1.54, 1.807) is 11.6 Å². The Hall–Kier alpha value is -1.84. The fourth-order valence-electron chi connectivity index (χ4n) is 3.99. The molecule has 1 saturated heterocycles. The standard InChI is InChI=1S/C19H26N2O2/c1-14-5-3-4-6-17(14)12-16-9-10-20(13-16)18-7-8-19(21(22)23)15(2)11-18/h6-8,11,14,16H,3-5,9-10,12-13H2,1-2H3/t14-,16?/m0/s1. The molecule has 0 spiro atoms. The van der Waals surface area contributed by atoms with Crippen molar-refractivity contribution in [3.63, 3.8) is 0 Å². The van der Waals surface area contributed by atoms with Gasteiger partial charge in [0.2, 0.25) is 0 Å². The number of aryl methyl sites for hydroxylation is 1. The molecule has 0 bridgehead atoms. The molecule has 124 valence electrons. The Balaban J connectivity index is 1.64. The number of hydrogen-bond donors (Lipinski definition) is 0. The summed E-state index contributed by atoms with van der Waals surface area (Å²) in [6.07, 6.45) is 8.83. The summed E-state index contributed by atoms with van der Waals surface area (Å²) in [7, 11) is 0. The van der Waals surface area contributed by atoms with Crippen LogP contribution in [-0.4, -0.2) is 18.0 Å². The van der Waals surface area contributed by atoms with Crippen LogP contribution < -0.4 is 4.90 Å². The first-order chi connectivity index (χ1) is 11.0. The first-order valence-electron chi connectivity index (χ1n) is 8.73. The second-order valence-corrected chi connectivity index (χ2v) is 7.14. The second kappa shape index (κ2) is 6.73. The van der Waals surface area contributed by atoms with Crippen molar-refractivity contribution in [1.29, 1.82) is 0 Å². The highest BCUT2D eigenvalue weighted by molar-refractivity contribution is 5.55. The van der Waals surface area contributed by atoms with Crippen LogP contribution >= 0.6 is 0 Å².